The zero-order chi connectivity index (χ0) is 18.4. The van der Waals surface area contributed by atoms with Crippen LogP contribution in [0.4, 0.5) is 5.00 Å². The number of nitrogens with one attached hydrogen (secondary N) is 1. The van der Waals surface area contributed by atoms with Crippen LogP contribution < -0.4 is 20.6 Å². The van der Waals surface area contributed by atoms with Crippen LogP contribution in [-0.4, -0.2) is 29.7 Å². The summed E-state index contributed by atoms with van der Waals surface area (Å²) in [6.45, 7) is 6.23. The van der Waals surface area contributed by atoms with E-state index < -0.39 is 0 Å². The summed E-state index contributed by atoms with van der Waals surface area (Å²) in [4.78, 5) is 12.3. The van der Waals surface area contributed by atoms with Crippen LogP contribution >= 0.6 is 11.5 Å². The van der Waals surface area contributed by atoms with E-state index in [1.807, 2.05) is 13.8 Å². The molecule has 134 valence electrons. The third-order valence-electron chi connectivity index (χ3n) is 3.46. The molecule has 1 aromatic carbocycles. The van der Waals surface area contributed by atoms with Crippen molar-refractivity contribution < 1.29 is 14.3 Å². The Morgan fingerprint density at radius 1 is 1.40 bits per heavy atom. The molecule has 0 radical (unpaired) electrons. The molecule has 0 aliphatic rings. The number of hydrogen-bond acceptors (Lipinski definition) is 7. The van der Waals surface area contributed by atoms with Crippen molar-refractivity contribution in [3.63, 3.8) is 0 Å². The topological polar surface area (TPSA) is 98.8 Å². The molecule has 0 aliphatic heterocycles. The Bertz CT molecular complexity index is 767. The van der Waals surface area contributed by atoms with Crippen LogP contribution in [0.25, 0.3) is 0 Å². The van der Waals surface area contributed by atoms with Crippen LogP contribution in [0.3, 0.4) is 0 Å². The average molecular weight is 362 g/mol. The van der Waals surface area contributed by atoms with Crippen molar-refractivity contribution in [2.75, 3.05) is 19.5 Å². The summed E-state index contributed by atoms with van der Waals surface area (Å²) in [6.07, 6.45) is 0.888. The quantitative estimate of drug-likeness (QED) is 0.583. The van der Waals surface area contributed by atoms with E-state index in [9.17, 15) is 4.79 Å². The van der Waals surface area contributed by atoms with Crippen molar-refractivity contribution in [2.45, 2.75) is 27.2 Å². The summed E-state index contributed by atoms with van der Waals surface area (Å²) in [5.41, 5.74) is 11.0. The fraction of sp³-hybridized carbons (Fsp3) is 0.353. The molecule has 25 heavy (non-hydrogen) atoms. The molecule has 0 saturated heterocycles. The predicted molar refractivity (Wildman–Crippen MR) is 99.7 cm³/mol. The Hall–Kier alpha value is -2.61. The Balaban J connectivity index is 2.14. The lowest BCUT2D eigenvalue weighted by molar-refractivity contribution is 0.0954. The van der Waals surface area contributed by atoms with E-state index in [0.717, 1.165) is 17.7 Å². The molecule has 2 aromatic rings. The van der Waals surface area contributed by atoms with E-state index >= 15 is 0 Å². The number of nitrogens with two attached hydrogens (primary N) is 1. The first-order valence-electron chi connectivity index (χ1n) is 7.85. The van der Waals surface area contributed by atoms with E-state index in [2.05, 4.69) is 14.9 Å². The van der Waals surface area contributed by atoms with Gasteiger partial charge in [-0.25, -0.2) is 5.43 Å². The monoisotopic (exact) mass is 362 g/mol. The summed E-state index contributed by atoms with van der Waals surface area (Å²) in [5, 5.41) is 4.70. The normalized spacial score (nSPS) is 11.3. The molecule has 0 atom stereocenters. The van der Waals surface area contributed by atoms with Crippen LogP contribution in [-0.2, 0) is 0 Å². The van der Waals surface area contributed by atoms with Gasteiger partial charge in [0.05, 0.1) is 30.7 Å². The van der Waals surface area contributed by atoms with Crippen molar-refractivity contribution in [1.29, 1.82) is 0 Å². The lowest BCUT2D eigenvalue weighted by atomic mass is 10.2. The van der Waals surface area contributed by atoms with Gasteiger partial charge >= 0.3 is 0 Å². The number of benzene rings is 1. The van der Waals surface area contributed by atoms with E-state index in [1.165, 1.54) is 18.6 Å². The van der Waals surface area contributed by atoms with Crippen molar-refractivity contribution in [3.8, 4) is 11.5 Å². The molecule has 1 aromatic heterocycles. The minimum atomic E-state index is -0.348. The number of hydrogen-bond donors (Lipinski definition) is 2. The predicted octanol–water partition coefficient (Wildman–Crippen LogP) is 2.99. The fourth-order valence-corrected chi connectivity index (χ4v) is 2.94. The van der Waals surface area contributed by atoms with Gasteiger partial charge in [0.1, 0.15) is 5.00 Å². The standard InChI is InChI=1S/C17H22N4O3S/c1-5-8-24-13-7-6-12(9-14(13)23-4)17(22)20-19-10(2)15-11(3)21-25-16(15)18/h6-7,9H,5,8,18H2,1-4H3,(H,20,22)/b19-10-. The Kier molecular flexibility index (Phi) is 6.35. The first-order chi connectivity index (χ1) is 12.0. The van der Waals surface area contributed by atoms with Gasteiger partial charge < -0.3 is 15.2 Å². The van der Waals surface area contributed by atoms with Crippen LogP contribution in [0.5, 0.6) is 11.5 Å². The molecular formula is C17H22N4O3S. The maximum absolute atomic E-state index is 12.3. The lowest BCUT2D eigenvalue weighted by Gasteiger charge is -2.11. The number of hydrazone groups is 1. The fourth-order valence-electron chi connectivity index (χ4n) is 2.22. The highest BCUT2D eigenvalue weighted by atomic mass is 32.1. The van der Waals surface area contributed by atoms with Crippen molar-refractivity contribution in [1.82, 2.24) is 9.80 Å². The third-order valence-corrected chi connectivity index (χ3v) is 4.23. The number of nitrogens with zero attached hydrogens (tertiary/aromatic N) is 2. The number of ether oxygens (including phenoxy) is 2. The van der Waals surface area contributed by atoms with Crippen molar-refractivity contribution in [2.24, 2.45) is 5.10 Å². The summed E-state index contributed by atoms with van der Waals surface area (Å²) in [7, 11) is 1.53. The molecule has 0 aliphatic carbocycles. The number of anilines is 1. The Morgan fingerprint density at radius 3 is 2.76 bits per heavy atom. The second kappa shape index (κ2) is 8.48. The minimum absolute atomic E-state index is 0.348. The van der Waals surface area contributed by atoms with Crippen LogP contribution in [0.1, 0.15) is 41.9 Å². The smallest absolute Gasteiger partial charge is 0.271 e. The van der Waals surface area contributed by atoms with Crippen molar-refractivity contribution >= 4 is 28.2 Å². The number of aromatic nitrogens is 1. The van der Waals surface area contributed by atoms with Crippen molar-refractivity contribution in [3.05, 3.63) is 35.0 Å². The number of amides is 1. The SMILES string of the molecule is CCCOc1ccc(C(=O)N/N=C(/C)c2c(C)nsc2N)cc1OC. The maximum Gasteiger partial charge on any atom is 0.271 e. The number of carbonyl (C=O) groups is 1. The zero-order valence-corrected chi connectivity index (χ0v) is 15.6. The van der Waals surface area contributed by atoms with E-state index in [1.54, 1.807) is 25.1 Å². The molecule has 7 nitrogen and oxygen atoms in total. The molecule has 1 heterocycles. The highest BCUT2D eigenvalue weighted by Gasteiger charge is 2.13. The molecule has 0 fully saturated rings. The molecule has 0 spiro atoms. The molecule has 3 N–H and O–H groups in total. The van der Waals surface area contributed by atoms with Gasteiger partial charge in [-0.15, -0.1) is 0 Å². The molecule has 0 saturated carbocycles. The molecule has 1 amide bonds. The third kappa shape index (κ3) is 4.48. The highest BCUT2D eigenvalue weighted by Crippen LogP contribution is 2.28. The Morgan fingerprint density at radius 2 is 2.16 bits per heavy atom. The average Bonchev–Trinajstić information content (AvgIpc) is 2.95. The summed E-state index contributed by atoms with van der Waals surface area (Å²) < 4.78 is 15.0. The summed E-state index contributed by atoms with van der Waals surface area (Å²) in [6, 6.07) is 5.00. The van der Waals surface area contributed by atoms with Gasteiger partial charge in [-0.3, -0.25) is 4.79 Å². The van der Waals surface area contributed by atoms with Crippen LogP contribution in [0.2, 0.25) is 0 Å². The van der Waals surface area contributed by atoms with E-state index in [-0.39, 0.29) is 5.91 Å². The molecule has 8 heteroatoms. The number of methoxy groups -OCH3 is 1. The van der Waals surface area contributed by atoms with Crippen LogP contribution in [0, 0.1) is 6.92 Å². The second-order valence-electron chi connectivity index (χ2n) is 5.36. The molecule has 0 bridgehead atoms. The second-order valence-corrected chi connectivity index (χ2v) is 6.16. The molecule has 2 rings (SSSR count). The summed E-state index contributed by atoms with van der Waals surface area (Å²) >= 11 is 1.21. The van der Waals surface area contributed by atoms with Gasteiger partial charge in [0.25, 0.3) is 5.91 Å². The molecule has 0 unspecified atom stereocenters. The number of carbonyl (C=O) groups excluding carboxylic acids is 1. The Labute approximate surface area is 151 Å². The van der Waals surface area contributed by atoms with Gasteiger partial charge in [0.2, 0.25) is 0 Å². The minimum Gasteiger partial charge on any atom is -0.493 e. The van der Waals surface area contributed by atoms with Gasteiger partial charge in [-0.1, -0.05) is 6.92 Å². The molecular weight excluding hydrogens is 340 g/mol. The van der Waals surface area contributed by atoms with Gasteiger partial charge in [-0.2, -0.15) is 9.47 Å². The lowest BCUT2D eigenvalue weighted by Crippen LogP contribution is -2.19. The van der Waals surface area contributed by atoms with Gasteiger partial charge in [0.15, 0.2) is 11.5 Å². The van der Waals surface area contributed by atoms with Gasteiger partial charge in [0, 0.05) is 5.56 Å². The first-order valence-corrected chi connectivity index (χ1v) is 8.62. The van der Waals surface area contributed by atoms with Crippen LogP contribution in [0.15, 0.2) is 23.3 Å². The highest BCUT2D eigenvalue weighted by molar-refractivity contribution is 7.10. The zero-order valence-electron chi connectivity index (χ0n) is 14.8. The number of nitrogen functional groups attached to an aromatic ring is 1. The first kappa shape index (κ1) is 18.7. The summed E-state index contributed by atoms with van der Waals surface area (Å²) in [5.74, 6) is 0.761. The van der Waals surface area contributed by atoms with Gasteiger partial charge in [-0.05, 0) is 50.0 Å². The number of rotatable bonds is 7. The maximum atomic E-state index is 12.3. The van der Waals surface area contributed by atoms with E-state index in [4.69, 9.17) is 15.2 Å². The van der Waals surface area contributed by atoms with E-state index in [0.29, 0.717) is 34.4 Å². The largest absolute Gasteiger partial charge is 0.493 e. The number of aryl methyl sites for hydroxylation is 1.